The highest BCUT2D eigenvalue weighted by Crippen LogP contribution is 2.33. The van der Waals surface area contributed by atoms with E-state index in [1.807, 2.05) is 12.3 Å². The fraction of sp³-hybridized carbons (Fsp3) is 0.125. The van der Waals surface area contributed by atoms with Gasteiger partial charge in [0.2, 0.25) is 0 Å². The summed E-state index contributed by atoms with van der Waals surface area (Å²) in [6, 6.07) is 25.4. The molecule has 26 heavy (non-hydrogen) atoms. The molecule has 0 spiro atoms. The molecule has 4 rings (SSSR count). The molecular formula is C24H22N2. The Morgan fingerprint density at radius 3 is 1.81 bits per heavy atom. The monoisotopic (exact) mass is 338 g/mol. The van der Waals surface area contributed by atoms with Crippen molar-refractivity contribution in [2.24, 2.45) is 7.05 Å². The van der Waals surface area contributed by atoms with Crippen LogP contribution in [0.3, 0.4) is 0 Å². The van der Waals surface area contributed by atoms with Crippen molar-refractivity contribution in [2.45, 2.75) is 13.8 Å². The minimum Gasteiger partial charge on any atom is -0.327 e. The van der Waals surface area contributed by atoms with Crippen molar-refractivity contribution in [3.8, 4) is 33.8 Å². The second-order valence-electron chi connectivity index (χ2n) is 6.74. The predicted octanol–water partition coefficient (Wildman–Crippen LogP) is 6.04. The third kappa shape index (κ3) is 2.84. The van der Waals surface area contributed by atoms with Gasteiger partial charge in [-0.05, 0) is 36.1 Å². The zero-order chi connectivity index (χ0) is 18.1. The van der Waals surface area contributed by atoms with Gasteiger partial charge in [0, 0.05) is 18.2 Å². The molecule has 0 saturated carbocycles. The lowest BCUT2D eigenvalue weighted by Gasteiger charge is -2.14. The van der Waals surface area contributed by atoms with Gasteiger partial charge in [0.15, 0.2) is 0 Å². The highest BCUT2D eigenvalue weighted by molar-refractivity contribution is 5.76. The summed E-state index contributed by atoms with van der Waals surface area (Å²) in [4.78, 5) is 4.69. The molecule has 128 valence electrons. The first-order valence-electron chi connectivity index (χ1n) is 8.89. The van der Waals surface area contributed by atoms with E-state index in [9.17, 15) is 0 Å². The zero-order valence-electron chi connectivity index (χ0n) is 15.4. The molecule has 0 amide bonds. The second kappa shape index (κ2) is 6.64. The van der Waals surface area contributed by atoms with Gasteiger partial charge in [-0.25, -0.2) is 4.98 Å². The van der Waals surface area contributed by atoms with E-state index in [2.05, 4.69) is 97.2 Å². The van der Waals surface area contributed by atoms with E-state index in [0.717, 1.165) is 17.1 Å². The molecule has 3 aromatic carbocycles. The van der Waals surface area contributed by atoms with Crippen molar-refractivity contribution < 1.29 is 0 Å². The van der Waals surface area contributed by atoms with Crippen LogP contribution in [0.5, 0.6) is 0 Å². The highest BCUT2D eigenvalue weighted by atomic mass is 15.1. The molecule has 4 aromatic rings. The molecule has 0 aliphatic heterocycles. The molecule has 0 bridgehead atoms. The first-order valence-corrected chi connectivity index (χ1v) is 8.89. The van der Waals surface area contributed by atoms with E-state index >= 15 is 0 Å². The van der Waals surface area contributed by atoms with Gasteiger partial charge in [-0.1, -0.05) is 72.8 Å². The fourth-order valence-corrected chi connectivity index (χ4v) is 3.66. The van der Waals surface area contributed by atoms with Gasteiger partial charge in [-0.3, -0.25) is 0 Å². The van der Waals surface area contributed by atoms with Crippen LogP contribution in [0.25, 0.3) is 33.8 Å². The fourth-order valence-electron chi connectivity index (χ4n) is 3.66. The average molecular weight is 338 g/mol. The lowest BCUT2D eigenvalue weighted by atomic mass is 9.94. The second-order valence-corrected chi connectivity index (χ2v) is 6.74. The maximum absolute atomic E-state index is 4.69. The summed E-state index contributed by atoms with van der Waals surface area (Å²) < 4.78 is 2.19. The van der Waals surface area contributed by atoms with Gasteiger partial charge in [0.25, 0.3) is 0 Å². The van der Waals surface area contributed by atoms with Crippen LogP contribution in [-0.2, 0) is 7.05 Å². The van der Waals surface area contributed by atoms with Crippen molar-refractivity contribution >= 4 is 0 Å². The van der Waals surface area contributed by atoms with Crippen molar-refractivity contribution in [3.05, 3.63) is 90.1 Å². The summed E-state index contributed by atoms with van der Waals surface area (Å²) in [5.74, 6) is 0.992. The number of aryl methyl sites for hydroxylation is 2. The Kier molecular flexibility index (Phi) is 4.18. The van der Waals surface area contributed by atoms with Gasteiger partial charge >= 0.3 is 0 Å². The topological polar surface area (TPSA) is 17.8 Å². The van der Waals surface area contributed by atoms with Crippen molar-refractivity contribution in [3.63, 3.8) is 0 Å². The lowest BCUT2D eigenvalue weighted by molar-refractivity contribution is 0.930. The Labute approximate surface area is 154 Å². The molecule has 0 aliphatic carbocycles. The van der Waals surface area contributed by atoms with Crippen LogP contribution in [0.4, 0.5) is 0 Å². The van der Waals surface area contributed by atoms with Gasteiger partial charge in [-0.2, -0.15) is 0 Å². The number of imidazole rings is 1. The van der Waals surface area contributed by atoms with Crippen LogP contribution in [-0.4, -0.2) is 9.55 Å². The average Bonchev–Trinajstić information content (AvgIpc) is 3.04. The Morgan fingerprint density at radius 2 is 1.23 bits per heavy atom. The van der Waals surface area contributed by atoms with Crippen LogP contribution in [0.2, 0.25) is 0 Å². The quantitative estimate of drug-likeness (QED) is 0.445. The van der Waals surface area contributed by atoms with Crippen molar-refractivity contribution in [1.29, 1.82) is 0 Å². The summed E-state index contributed by atoms with van der Waals surface area (Å²) >= 11 is 0. The maximum atomic E-state index is 4.69. The summed E-state index contributed by atoms with van der Waals surface area (Å²) in [5, 5.41) is 0. The molecule has 0 N–H and O–H groups in total. The molecule has 0 unspecified atom stereocenters. The van der Waals surface area contributed by atoms with Gasteiger partial charge in [-0.15, -0.1) is 0 Å². The minimum absolute atomic E-state index is 0.992. The molecular weight excluding hydrogens is 316 g/mol. The van der Waals surface area contributed by atoms with Gasteiger partial charge in [0.05, 0.1) is 11.9 Å². The smallest absolute Gasteiger partial charge is 0.140 e. The Bertz CT molecular complexity index is 1020. The number of aromatic nitrogens is 2. The minimum atomic E-state index is 0.992. The van der Waals surface area contributed by atoms with Gasteiger partial charge in [0.1, 0.15) is 5.82 Å². The summed E-state index contributed by atoms with van der Waals surface area (Å²) in [6.45, 7) is 4.37. The first kappa shape index (κ1) is 16.3. The molecule has 1 aromatic heterocycles. The van der Waals surface area contributed by atoms with E-state index < -0.39 is 0 Å². The van der Waals surface area contributed by atoms with Crippen LogP contribution in [0.15, 0.2) is 79.0 Å². The number of benzene rings is 3. The van der Waals surface area contributed by atoms with E-state index in [0.29, 0.717) is 0 Å². The molecule has 0 radical (unpaired) electrons. The number of hydrogen-bond donors (Lipinski definition) is 0. The summed E-state index contributed by atoms with van der Waals surface area (Å²) in [7, 11) is 2.09. The van der Waals surface area contributed by atoms with Crippen LogP contribution in [0, 0.1) is 13.8 Å². The summed E-state index contributed by atoms with van der Waals surface area (Å²) in [5.41, 5.74) is 8.60. The van der Waals surface area contributed by atoms with Crippen molar-refractivity contribution in [1.82, 2.24) is 9.55 Å². The van der Waals surface area contributed by atoms with E-state index in [1.165, 1.54) is 27.8 Å². The standard InChI is InChI=1S/C24H22N2/c1-17-14-21(19-10-6-4-7-11-19)15-18(2)23(17)22-16-25-24(26(22)3)20-12-8-5-9-13-20/h4-16H,1-3H3. The molecule has 0 saturated heterocycles. The van der Waals surface area contributed by atoms with Crippen LogP contribution >= 0.6 is 0 Å². The van der Waals surface area contributed by atoms with Crippen LogP contribution < -0.4 is 0 Å². The highest BCUT2D eigenvalue weighted by Gasteiger charge is 2.15. The molecule has 1 heterocycles. The van der Waals surface area contributed by atoms with E-state index in [-0.39, 0.29) is 0 Å². The van der Waals surface area contributed by atoms with Crippen LogP contribution in [0.1, 0.15) is 11.1 Å². The van der Waals surface area contributed by atoms with Crippen molar-refractivity contribution in [2.75, 3.05) is 0 Å². The molecule has 0 aliphatic rings. The zero-order valence-corrected chi connectivity index (χ0v) is 15.4. The third-order valence-electron chi connectivity index (χ3n) is 4.92. The normalized spacial score (nSPS) is 10.9. The third-order valence-corrected chi connectivity index (χ3v) is 4.92. The SMILES string of the molecule is Cc1cc(-c2ccccc2)cc(C)c1-c1cnc(-c2ccccc2)n1C. The number of rotatable bonds is 3. The Hall–Kier alpha value is -3.13. The van der Waals surface area contributed by atoms with E-state index in [1.54, 1.807) is 0 Å². The molecule has 0 atom stereocenters. The summed E-state index contributed by atoms with van der Waals surface area (Å²) in [6.07, 6.45) is 1.99. The number of nitrogens with zero attached hydrogens (tertiary/aromatic N) is 2. The Morgan fingerprint density at radius 1 is 0.692 bits per heavy atom. The lowest BCUT2D eigenvalue weighted by Crippen LogP contribution is -1.98. The largest absolute Gasteiger partial charge is 0.327 e. The Balaban J connectivity index is 1.81. The first-order chi connectivity index (χ1) is 12.6. The molecule has 0 fully saturated rings. The maximum Gasteiger partial charge on any atom is 0.140 e. The number of hydrogen-bond acceptors (Lipinski definition) is 1. The predicted molar refractivity (Wildman–Crippen MR) is 109 cm³/mol. The van der Waals surface area contributed by atoms with E-state index in [4.69, 9.17) is 0 Å². The molecule has 2 heteroatoms. The van der Waals surface area contributed by atoms with Gasteiger partial charge < -0.3 is 4.57 Å². The molecule has 2 nitrogen and oxygen atoms in total.